The molecule has 2 aromatic heterocycles. The molecule has 2 aromatic rings. The van der Waals surface area contributed by atoms with Gasteiger partial charge in [0.1, 0.15) is 34.6 Å². The highest BCUT2D eigenvalue weighted by atomic mass is 35.5. The molecular formula is C28H41ClN8O8. The molecule has 4 rings (SSSR count). The summed E-state index contributed by atoms with van der Waals surface area (Å²) in [5.41, 5.74) is -0.976. The summed E-state index contributed by atoms with van der Waals surface area (Å²) in [6, 6.07) is 5.73. The first-order chi connectivity index (χ1) is 20.9. The summed E-state index contributed by atoms with van der Waals surface area (Å²) in [5, 5.41) is 24.1. The molecule has 4 heterocycles. The van der Waals surface area contributed by atoms with Gasteiger partial charge in [0.25, 0.3) is 11.4 Å². The number of hydrogen-bond donors (Lipinski definition) is 1. The average molecular weight is 653 g/mol. The number of nitrogens with one attached hydrogen (secondary N) is 1. The molecule has 0 aromatic carbocycles. The number of carbonyl (C=O) groups excluding carboxylic acids is 2. The van der Waals surface area contributed by atoms with Crippen LogP contribution in [0.4, 0.5) is 26.8 Å². The fraction of sp³-hybridized carbons (Fsp3) is 0.571. The molecule has 0 spiro atoms. The second-order valence-electron chi connectivity index (χ2n) is 11.9. The molecule has 248 valence electrons. The second kappa shape index (κ2) is 16.7. The van der Waals surface area contributed by atoms with Crippen molar-refractivity contribution in [2.45, 2.75) is 52.7 Å². The molecule has 2 saturated heterocycles. The largest absolute Gasteiger partial charge is 0.444 e. The number of halogens is 1. The third-order valence-electron chi connectivity index (χ3n) is 5.89. The molecule has 0 saturated carbocycles. The van der Waals surface area contributed by atoms with Crippen molar-refractivity contribution in [2.75, 3.05) is 57.3 Å². The van der Waals surface area contributed by atoms with Crippen molar-refractivity contribution in [3.63, 3.8) is 0 Å². The van der Waals surface area contributed by atoms with Gasteiger partial charge in [0.2, 0.25) is 0 Å². The minimum absolute atomic E-state index is 0.0314. The minimum Gasteiger partial charge on any atom is -0.444 e. The van der Waals surface area contributed by atoms with Crippen molar-refractivity contribution in [1.82, 2.24) is 25.1 Å². The predicted octanol–water partition coefficient (Wildman–Crippen LogP) is 4.52. The van der Waals surface area contributed by atoms with Crippen molar-refractivity contribution in [1.29, 1.82) is 0 Å². The van der Waals surface area contributed by atoms with Crippen LogP contribution in [-0.2, 0) is 9.47 Å². The molecule has 0 radical (unpaired) electrons. The molecule has 2 fully saturated rings. The van der Waals surface area contributed by atoms with Crippen LogP contribution < -0.4 is 10.2 Å². The Morgan fingerprint density at radius 3 is 1.58 bits per heavy atom. The van der Waals surface area contributed by atoms with Crippen molar-refractivity contribution in [3.05, 3.63) is 62.0 Å². The maximum atomic E-state index is 12.0. The normalized spacial score (nSPS) is 15.0. The first-order valence-corrected chi connectivity index (χ1v) is 14.6. The zero-order valence-corrected chi connectivity index (χ0v) is 27.2. The van der Waals surface area contributed by atoms with Crippen LogP contribution >= 0.6 is 11.6 Å². The summed E-state index contributed by atoms with van der Waals surface area (Å²) in [5.74, 6) is 0.675. The van der Waals surface area contributed by atoms with Gasteiger partial charge in [-0.25, -0.2) is 19.6 Å². The molecular weight excluding hydrogens is 612 g/mol. The van der Waals surface area contributed by atoms with Crippen molar-refractivity contribution < 1.29 is 28.9 Å². The fourth-order valence-corrected chi connectivity index (χ4v) is 3.88. The number of rotatable bonds is 3. The number of hydrogen-bond acceptors (Lipinski definition) is 12. The highest BCUT2D eigenvalue weighted by molar-refractivity contribution is 6.29. The Kier molecular flexibility index (Phi) is 13.7. The SMILES string of the molecule is CC(C)(C)OC(=O)N1CCN(c2ccc([N+](=O)[O-])cn2)CC1.CC(C)(C)OC(=O)N1CCNCC1.O=[N+]([O-])c1ccc(Cl)nc1. The van der Waals surface area contributed by atoms with Gasteiger partial charge < -0.3 is 29.5 Å². The van der Waals surface area contributed by atoms with E-state index in [1.54, 1.807) is 15.9 Å². The van der Waals surface area contributed by atoms with Crippen LogP contribution in [0.2, 0.25) is 5.15 Å². The maximum absolute atomic E-state index is 12.0. The van der Waals surface area contributed by atoms with E-state index in [1.807, 2.05) is 46.4 Å². The van der Waals surface area contributed by atoms with Gasteiger partial charge in [0.05, 0.1) is 9.85 Å². The van der Waals surface area contributed by atoms with Gasteiger partial charge in [-0.05, 0) is 53.7 Å². The Labute approximate surface area is 266 Å². The summed E-state index contributed by atoms with van der Waals surface area (Å²) in [4.78, 5) is 56.1. The van der Waals surface area contributed by atoms with Crippen LogP contribution in [0, 0.1) is 20.2 Å². The minimum atomic E-state index is -0.524. The Bertz CT molecular complexity index is 1270. The average Bonchev–Trinajstić information content (AvgIpc) is 2.97. The number of anilines is 1. The van der Waals surface area contributed by atoms with Crippen molar-refractivity contribution in [3.8, 4) is 0 Å². The molecule has 0 bridgehead atoms. The van der Waals surface area contributed by atoms with Gasteiger partial charge in [0, 0.05) is 64.5 Å². The summed E-state index contributed by atoms with van der Waals surface area (Å²) in [6.45, 7) is 16.7. The van der Waals surface area contributed by atoms with E-state index >= 15 is 0 Å². The molecule has 2 aliphatic rings. The van der Waals surface area contributed by atoms with Gasteiger partial charge in [-0.2, -0.15) is 0 Å². The zero-order chi connectivity index (χ0) is 33.8. The smallest absolute Gasteiger partial charge is 0.410 e. The van der Waals surface area contributed by atoms with Crippen LogP contribution in [-0.4, -0.2) is 105 Å². The van der Waals surface area contributed by atoms with E-state index in [-0.39, 0.29) is 34.3 Å². The molecule has 2 aliphatic heterocycles. The predicted molar refractivity (Wildman–Crippen MR) is 167 cm³/mol. The third-order valence-corrected chi connectivity index (χ3v) is 6.11. The van der Waals surface area contributed by atoms with Crippen LogP contribution in [0.25, 0.3) is 0 Å². The molecule has 17 heteroatoms. The van der Waals surface area contributed by atoms with E-state index in [0.717, 1.165) is 32.4 Å². The van der Waals surface area contributed by atoms with Gasteiger partial charge in [-0.15, -0.1) is 0 Å². The van der Waals surface area contributed by atoms with Gasteiger partial charge in [0.15, 0.2) is 0 Å². The lowest BCUT2D eigenvalue weighted by Crippen LogP contribution is -2.50. The lowest BCUT2D eigenvalue weighted by Gasteiger charge is -2.36. The van der Waals surface area contributed by atoms with Gasteiger partial charge in [-0.1, -0.05) is 11.6 Å². The molecule has 1 N–H and O–H groups in total. The summed E-state index contributed by atoms with van der Waals surface area (Å²) in [6.07, 6.45) is 1.84. The number of pyridine rings is 2. The van der Waals surface area contributed by atoms with Crippen LogP contribution in [0.1, 0.15) is 41.5 Å². The zero-order valence-electron chi connectivity index (χ0n) is 26.4. The number of nitro groups is 2. The highest BCUT2D eigenvalue weighted by Crippen LogP contribution is 2.19. The van der Waals surface area contributed by atoms with E-state index in [9.17, 15) is 29.8 Å². The van der Waals surface area contributed by atoms with Gasteiger partial charge >= 0.3 is 12.2 Å². The van der Waals surface area contributed by atoms with Crippen LogP contribution in [0.15, 0.2) is 36.7 Å². The van der Waals surface area contributed by atoms with E-state index in [4.69, 9.17) is 21.1 Å². The number of amides is 2. The van der Waals surface area contributed by atoms with Crippen molar-refractivity contribution in [2.24, 2.45) is 0 Å². The monoisotopic (exact) mass is 652 g/mol. The second-order valence-corrected chi connectivity index (χ2v) is 12.3. The molecule has 0 atom stereocenters. The number of aromatic nitrogens is 2. The van der Waals surface area contributed by atoms with E-state index in [0.29, 0.717) is 32.0 Å². The number of ether oxygens (including phenoxy) is 2. The van der Waals surface area contributed by atoms with E-state index < -0.39 is 15.4 Å². The first-order valence-electron chi connectivity index (χ1n) is 14.2. The number of piperazine rings is 2. The topological polar surface area (TPSA) is 186 Å². The highest BCUT2D eigenvalue weighted by Gasteiger charge is 2.26. The van der Waals surface area contributed by atoms with E-state index in [1.165, 1.54) is 24.4 Å². The first kappa shape index (κ1) is 36.9. The van der Waals surface area contributed by atoms with Crippen LogP contribution in [0.3, 0.4) is 0 Å². The van der Waals surface area contributed by atoms with Gasteiger partial charge in [-0.3, -0.25) is 20.2 Å². The summed E-state index contributed by atoms with van der Waals surface area (Å²) in [7, 11) is 0. The van der Waals surface area contributed by atoms with Crippen molar-refractivity contribution >= 4 is 41.0 Å². The van der Waals surface area contributed by atoms with E-state index in [2.05, 4.69) is 15.3 Å². The Hall–Kier alpha value is -4.31. The lowest BCUT2D eigenvalue weighted by molar-refractivity contribution is -0.385. The standard InChI is InChI=1S/C14H20N4O4.C9H18N2O2.C5H3ClN2O2/c1-14(2,3)22-13(19)17-8-6-16(7-9-17)12-5-4-11(10-15-12)18(20)21;1-9(2,3)13-8(12)11-6-4-10-5-7-11;6-5-2-1-4(3-7-5)8(9)10/h4-5,10H,6-9H2,1-3H3;10H,4-7H2,1-3H3;1-3H. The molecule has 16 nitrogen and oxygen atoms in total. The molecule has 45 heavy (non-hydrogen) atoms. The lowest BCUT2D eigenvalue weighted by atomic mass is 10.2. The maximum Gasteiger partial charge on any atom is 0.410 e. The third kappa shape index (κ3) is 13.9. The molecule has 0 unspecified atom stereocenters. The molecule has 2 amide bonds. The van der Waals surface area contributed by atoms with Crippen LogP contribution in [0.5, 0.6) is 0 Å². The number of carbonyl (C=O) groups is 2. The fourth-order valence-electron chi connectivity index (χ4n) is 3.77. The summed E-state index contributed by atoms with van der Waals surface area (Å²) < 4.78 is 10.6. The Morgan fingerprint density at radius 1 is 0.756 bits per heavy atom. The number of nitrogens with zero attached hydrogens (tertiary/aromatic N) is 7. The quantitative estimate of drug-likeness (QED) is 0.278. The summed E-state index contributed by atoms with van der Waals surface area (Å²) >= 11 is 5.38. The Balaban J connectivity index is 0.000000259. The molecule has 0 aliphatic carbocycles. The Morgan fingerprint density at radius 2 is 1.20 bits per heavy atom.